The molecule has 1 saturated heterocycles. The minimum absolute atomic E-state index is 0.0867. The van der Waals surface area contributed by atoms with Gasteiger partial charge >= 0.3 is 0 Å². The van der Waals surface area contributed by atoms with Crippen LogP contribution in [0.5, 0.6) is 0 Å². The summed E-state index contributed by atoms with van der Waals surface area (Å²) in [5.41, 5.74) is 3.21. The zero-order valence-corrected chi connectivity index (χ0v) is 18.3. The maximum absolute atomic E-state index is 12.8. The quantitative estimate of drug-likeness (QED) is 0.650. The van der Waals surface area contributed by atoms with Crippen LogP contribution in [0.2, 0.25) is 0 Å². The number of carbonyl (C=O) groups excluding carboxylic acids is 2. The Morgan fingerprint density at radius 3 is 2.41 bits per heavy atom. The Kier molecular flexibility index (Phi) is 6.90. The van der Waals surface area contributed by atoms with Gasteiger partial charge in [-0.25, -0.2) is 9.97 Å². The fourth-order valence-corrected chi connectivity index (χ4v) is 4.07. The molecule has 0 aliphatic carbocycles. The molecule has 3 aromatic rings. The minimum Gasteiger partial charge on any atom is -0.348 e. The summed E-state index contributed by atoms with van der Waals surface area (Å²) in [7, 11) is 0. The minimum atomic E-state index is -0.179. The molecule has 2 heterocycles. The molecule has 4 rings (SSSR count). The number of amides is 2. The van der Waals surface area contributed by atoms with Gasteiger partial charge in [-0.3, -0.25) is 9.59 Å². The maximum atomic E-state index is 12.8. The summed E-state index contributed by atoms with van der Waals surface area (Å²) in [4.78, 5) is 36.4. The normalized spacial score (nSPS) is 15.9. The van der Waals surface area contributed by atoms with Gasteiger partial charge in [-0.1, -0.05) is 60.7 Å². The van der Waals surface area contributed by atoms with Crippen LogP contribution in [-0.4, -0.2) is 39.8 Å². The standard InChI is InChI=1S/C26H28N4O2/c1-19-23(26(32)28-16-21-11-6-3-7-12-21)17-27-25(29-19)22-13-8-14-30(18-22)24(31)15-20-9-4-2-5-10-20/h2-7,9-12,17,22H,8,13-16,18H2,1H3,(H,28,32). The van der Waals surface area contributed by atoms with Crippen LogP contribution in [0.1, 0.15) is 51.8 Å². The fraction of sp³-hybridized carbons (Fsp3) is 0.308. The van der Waals surface area contributed by atoms with E-state index in [4.69, 9.17) is 0 Å². The van der Waals surface area contributed by atoms with E-state index in [-0.39, 0.29) is 17.7 Å². The van der Waals surface area contributed by atoms with E-state index in [0.717, 1.165) is 30.5 Å². The summed E-state index contributed by atoms with van der Waals surface area (Å²) < 4.78 is 0. The molecule has 1 aliphatic heterocycles. The van der Waals surface area contributed by atoms with Crippen LogP contribution in [0.4, 0.5) is 0 Å². The highest BCUT2D eigenvalue weighted by Gasteiger charge is 2.27. The van der Waals surface area contributed by atoms with Gasteiger partial charge in [0.2, 0.25) is 5.91 Å². The summed E-state index contributed by atoms with van der Waals surface area (Å²) in [5, 5.41) is 2.93. The van der Waals surface area contributed by atoms with Crippen LogP contribution in [0.15, 0.2) is 66.9 Å². The van der Waals surface area contributed by atoms with Gasteiger partial charge in [0.15, 0.2) is 0 Å². The van der Waals surface area contributed by atoms with Crippen LogP contribution in [0.25, 0.3) is 0 Å². The number of nitrogens with one attached hydrogen (secondary N) is 1. The number of piperidine rings is 1. The SMILES string of the molecule is Cc1nc(C2CCCN(C(=O)Cc3ccccc3)C2)ncc1C(=O)NCc1ccccc1. The lowest BCUT2D eigenvalue weighted by atomic mass is 9.96. The molecule has 1 unspecified atom stereocenters. The highest BCUT2D eigenvalue weighted by atomic mass is 16.2. The van der Waals surface area contributed by atoms with Crippen molar-refractivity contribution < 1.29 is 9.59 Å². The van der Waals surface area contributed by atoms with Crippen molar-refractivity contribution in [2.24, 2.45) is 0 Å². The van der Waals surface area contributed by atoms with E-state index >= 15 is 0 Å². The van der Waals surface area contributed by atoms with Gasteiger partial charge in [0, 0.05) is 31.7 Å². The Morgan fingerprint density at radius 1 is 1.03 bits per heavy atom. The van der Waals surface area contributed by atoms with Crippen molar-refractivity contribution in [3.05, 3.63) is 95.1 Å². The first kappa shape index (κ1) is 21.7. The summed E-state index contributed by atoms with van der Waals surface area (Å²) in [5.74, 6) is 0.749. The molecule has 0 saturated carbocycles. The second-order valence-corrected chi connectivity index (χ2v) is 8.24. The molecule has 2 aromatic carbocycles. The fourth-order valence-electron chi connectivity index (χ4n) is 4.07. The van der Waals surface area contributed by atoms with Gasteiger partial charge in [0.1, 0.15) is 5.82 Å². The number of likely N-dealkylation sites (tertiary alicyclic amines) is 1. The Hall–Kier alpha value is -3.54. The van der Waals surface area contributed by atoms with Gasteiger partial charge in [0.05, 0.1) is 17.7 Å². The van der Waals surface area contributed by atoms with Gasteiger partial charge in [-0.05, 0) is 30.9 Å². The summed E-state index contributed by atoms with van der Waals surface area (Å²) in [6.45, 7) is 3.68. The molecule has 0 spiro atoms. The molecule has 164 valence electrons. The number of benzene rings is 2. The number of hydrogen-bond donors (Lipinski definition) is 1. The van der Waals surface area contributed by atoms with Crippen molar-refractivity contribution in [2.75, 3.05) is 13.1 Å². The van der Waals surface area contributed by atoms with Crippen molar-refractivity contribution in [1.29, 1.82) is 0 Å². The molecular weight excluding hydrogens is 400 g/mol. The lowest BCUT2D eigenvalue weighted by molar-refractivity contribution is -0.131. The van der Waals surface area contributed by atoms with Gasteiger partial charge in [-0.2, -0.15) is 0 Å². The van der Waals surface area contributed by atoms with E-state index in [9.17, 15) is 9.59 Å². The van der Waals surface area contributed by atoms with E-state index in [1.165, 1.54) is 0 Å². The molecule has 1 atom stereocenters. The molecule has 1 aromatic heterocycles. The van der Waals surface area contributed by atoms with E-state index in [1.54, 1.807) is 6.20 Å². The molecule has 1 fully saturated rings. The highest BCUT2D eigenvalue weighted by molar-refractivity contribution is 5.94. The van der Waals surface area contributed by atoms with E-state index in [2.05, 4.69) is 15.3 Å². The van der Waals surface area contributed by atoms with Crippen LogP contribution in [-0.2, 0) is 17.8 Å². The molecule has 1 N–H and O–H groups in total. The third-order valence-corrected chi connectivity index (χ3v) is 5.88. The molecule has 2 amide bonds. The van der Waals surface area contributed by atoms with Crippen LogP contribution in [0.3, 0.4) is 0 Å². The highest BCUT2D eigenvalue weighted by Crippen LogP contribution is 2.25. The molecule has 6 nitrogen and oxygen atoms in total. The van der Waals surface area contributed by atoms with Gasteiger partial charge in [0.25, 0.3) is 5.91 Å². The number of carbonyl (C=O) groups is 2. The van der Waals surface area contributed by atoms with E-state index < -0.39 is 0 Å². The summed E-state index contributed by atoms with van der Waals surface area (Å²) in [6, 6.07) is 19.6. The Labute approximate surface area is 188 Å². The predicted octanol–water partition coefficient (Wildman–Crippen LogP) is 3.66. The smallest absolute Gasteiger partial charge is 0.254 e. The summed E-state index contributed by atoms with van der Waals surface area (Å²) in [6.07, 6.45) is 3.89. The number of aryl methyl sites for hydroxylation is 1. The van der Waals surface area contributed by atoms with Crippen molar-refractivity contribution >= 4 is 11.8 Å². The zero-order chi connectivity index (χ0) is 22.3. The number of aromatic nitrogens is 2. The van der Waals surface area contributed by atoms with E-state index in [1.807, 2.05) is 72.5 Å². The Morgan fingerprint density at radius 2 is 1.72 bits per heavy atom. The molecular formula is C26H28N4O2. The van der Waals surface area contributed by atoms with Crippen molar-refractivity contribution in [3.8, 4) is 0 Å². The topological polar surface area (TPSA) is 75.2 Å². The average Bonchev–Trinajstić information content (AvgIpc) is 2.84. The van der Waals surface area contributed by atoms with Crippen molar-refractivity contribution in [1.82, 2.24) is 20.2 Å². The predicted molar refractivity (Wildman–Crippen MR) is 123 cm³/mol. The maximum Gasteiger partial charge on any atom is 0.254 e. The monoisotopic (exact) mass is 428 g/mol. The first-order valence-electron chi connectivity index (χ1n) is 11.1. The largest absolute Gasteiger partial charge is 0.348 e. The Balaban J connectivity index is 1.38. The lowest BCUT2D eigenvalue weighted by Crippen LogP contribution is -2.40. The third kappa shape index (κ3) is 5.38. The first-order valence-corrected chi connectivity index (χ1v) is 11.1. The summed E-state index contributed by atoms with van der Waals surface area (Å²) >= 11 is 0. The first-order chi connectivity index (χ1) is 15.6. The lowest BCUT2D eigenvalue weighted by Gasteiger charge is -2.32. The third-order valence-electron chi connectivity index (χ3n) is 5.88. The molecule has 0 bridgehead atoms. The molecule has 6 heteroatoms. The Bertz CT molecular complexity index is 1070. The van der Waals surface area contributed by atoms with Gasteiger partial charge in [-0.15, -0.1) is 0 Å². The average molecular weight is 429 g/mol. The second-order valence-electron chi connectivity index (χ2n) is 8.24. The van der Waals surface area contributed by atoms with E-state index in [0.29, 0.717) is 36.6 Å². The second kappa shape index (κ2) is 10.2. The number of rotatable bonds is 6. The number of nitrogens with zero attached hydrogens (tertiary/aromatic N) is 3. The van der Waals surface area contributed by atoms with Gasteiger partial charge < -0.3 is 10.2 Å². The zero-order valence-electron chi connectivity index (χ0n) is 18.3. The van der Waals surface area contributed by atoms with Crippen LogP contribution < -0.4 is 5.32 Å². The van der Waals surface area contributed by atoms with Crippen molar-refractivity contribution in [3.63, 3.8) is 0 Å². The molecule has 1 aliphatic rings. The molecule has 32 heavy (non-hydrogen) atoms. The number of hydrogen-bond acceptors (Lipinski definition) is 4. The van der Waals surface area contributed by atoms with Crippen LogP contribution >= 0.6 is 0 Å². The van der Waals surface area contributed by atoms with Crippen LogP contribution in [0, 0.1) is 6.92 Å². The molecule has 0 radical (unpaired) electrons. The van der Waals surface area contributed by atoms with Crippen molar-refractivity contribution in [2.45, 2.75) is 38.6 Å².